The topological polar surface area (TPSA) is 63.0 Å². The molecule has 0 saturated heterocycles. The Labute approximate surface area is 102 Å². The van der Waals surface area contributed by atoms with Crippen molar-refractivity contribution >= 4 is 18.0 Å². The molecule has 96 valence electrons. The number of rotatable bonds is 7. The Morgan fingerprint density at radius 3 is 3.06 bits per heavy atom. The highest BCUT2D eigenvalue weighted by Crippen LogP contribution is 2.00. The fraction of sp³-hybridized carbons (Fsp3) is 0.750. The van der Waals surface area contributed by atoms with E-state index in [0.717, 1.165) is 31.4 Å². The third kappa shape index (κ3) is 6.71. The highest BCUT2D eigenvalue weighted by Gasteiger charge is 2.06. The Balaban J connectivity index is 2.01. The van der Waals surface area contributed by atoms with Crippen molar-refractivity contribution in [3.8, 4) is 0 Å². The van der Waals surface area contributed by atoms with Gasteiger partial charge in [0.25, 0.3) is 0 Å². The molecule has 0 fully saturated rings. The van der Waals surface area contributed by atoms with Crippen LogP contribution in [0.15, 0.2) is 10.2 Å². The average molecular weight is 239 g/mol. The van der Waals surface area contributed by atoms with Crippen LogP contribution >= 0.6 is 0 Å². The highest BCUT2D eigenvalue weighted by atomic mass is 16.5. The van der Waals surface area contributed by atoms with Crippen molar-refractivity contribution in [3.63, 3.8) is 0 Å². The molecule has 0 spiro atoms. The molecule has 1 heterocycles. The lowest BCUT2D eigenvalue weighted by Gasteiger charge is -2.09. The fourth-order valence-electron chi connectivity index (χ4n) is 1.50. The van der Waals surface area contributed by atoms with Gasteiger partial charge in [0.05, 0.1) is 5.71 Å². The van der Waals surface area contributed by atoms with E-state index in [1.54, 1.807) is 6.21 Å². The van der Waals surface area contributed by atoms with Gasteiger partial charge in [-0.2, -0.15) is 10.2 Å². The lowest BCUT2D eigenvalue weighted by atomic mass is 10.2. The Kier molecular flexibility index (Phi) is 7.02. The van der Waals surface area contributed by atoms with E-state index in [-0.39, 0.29) is 12.7 Å². The predicted molar refractivity (Wildman–Crippen MR) is 68.7 cm³/mol. The molecule has 5 nitrogen and oxygen atoms in total. The predicted octanol–water partition coefficient (Wildman–Crippen LogP) is 2.51. The highest BCUT2D eigenvalue weighted by molar-refractivity contribution is 5.90. The van der Waals surface area contributed by atoms with E-state index in [1.807, 2.05) is 0 Å². The van der Waals surface area contributed by atoms with Gasteiger partial charge in [-0.25, -0.2) is 4.79 Å². The smallest absolute Gasteiger partial charge is 0.407 e. The SMILES string of the molecule is CCCCCCNC(=O)OCC1=NN=CCC1. The van der Waals surface area contributed by atoms with Crippen LogP contribution in [-0.2, 0) is 4.74 Å². The van der Waals surface area contributed by atoms with Gasteiger partial charge in [-0.1, -0.05) is 26.2 Å². The molecule has 0 bridgehead atoms. The number of hydrogen-bond donors (Lipinski definition) is 1. The van der Waals surface area contributed by atoms with Gasteiger partial charge in [0.1, 0.15) is 6.61 Å². The summed E-state index contributed by atoms with van der Waals surface area (Å²) >= 11 is 0. The van der Waals surface area contributed by atoms with Crippen molar-refractivity contribution in [1.82, 2.24) is 5.32 Å². The van der Waals surface area contributed by atoms with Crippen molar-refractivity contribution in [2.24, 2.45) is 10.2 Å². The molecule has 1 rings (SSSR count). The maximum atomic E-state index is 11.3. The molecule has 17 heavy (non-hydrogen) atoms. The van der Waals surface area contributed by atoms with Crippen molar-refractivity contribution in [2.75, 3.05) is 13.2 Å². The number of hydrogen-bond acceptors (Lipinski definition) is 4. The van der Waals surface area contributed by atoms with E-state index in [1.165, 1.54) is 12.8 Å². The van der Waals surface area contributed by atoms with Crippen molar-refractivity contribution in [3.05, 3.63) is 0 Å². The molecule has 1 aliphatic rings. The maximum absolute atomic E-state index is 11.3. The van der Waals surface area contributed by atoms with Crippen LogP contribution in [-0.4, -0.2) is 31.2 Å². The van der Waals surface area contributed by atoms with Crippen LogP contribution < -0.4 is 5.32 Å². The first-order valence-corrected chi connectivity index (χ1v) is 6.30. The number of nitrogens with one attached hydrogen (secondary N) is 1. The quantitative estimate of drug-likeness (QED) is 0.694. The van der Waals surface area contributed by atoms with Crippen molar-refractivity contribution < 1.29 is 9.53 Å². The summed E-state index contributed by atoms with van der Waals surface area (Å²) in [6, 6.07) is 0. The summed E-state index contributed by atoms with van der Waals surface area (Å²) in [5.41, 5.74) is 0.827. The fourth-order valence-corrected chi connectivity index (χ4v) is 1.50. The zero-order chi connectivity index (χ0) is 12.3. The second kappa shape index (κ2) is 8.73. The molecule has 1 amide bonds. The average Bonchev–Trinajstić information content (AvgIpc) is 2.37. The standard InChI is InChI=1S/C12H21N3O2/c1-2-3-4-5-8-13-12(16)17-10-11-7-6-9-14-15-11/h9H,2-8,10H2,1H3,(H,13,16). The first kappa shape index (κ1) is 13.7. The Morgan fingerprint density at radius 1 is 1.47 bits per heavy atom. The van der Waals surface area contributed by atoms with Gasteiger partial charge in [0.2, 0.25) is 0 Å². The van der Waals surface area contributed by atoms with Crippen LogP contribution in [0, 0.1) is 0 Å². The minimum Gasteiger partial charge on any atom is -0.443 e. The van der Waals surface area contributed by atoms with Gasteiger partial charge in [-0.3, -0.25) is 0 Å². The molecule has 0 atom stereocenters. The zero-order valence-electron chi connectivity index (χ0n) is 10.4. The number of unbranched alkanes of at least 4 members (excludes halogenated alkanes) is 3. The van der Waals surface area contributed by atoms with Gasteiger partial charge in [-0.05, 0) is 19.3 Å². The molecule has 1 N–H and O–H groups in total. The third-order valence-electron chi connectivity index (χ3n) is 2.51. The van der Waals surface area contributed by atoms with Crippen LogP contribution in [0.1, 0.15) is 45.4 Å². The summed E-state index contributed by atoms with van der Waals surface area (Å²) in [7, 11) is 0. The van der Waals surface area contributed by atoms with E-state index >= 15 is 0 Å². The Morgan fingerprint density at radius 2 is 2.35 bits per heavy atom. The molecule has 0 saturated carbocycles. The summed E-state index contributed by atoms with van der Waals surface area (Å²) in [5, 5.41) is 10.4. The lowest BCUT2D eigenvalue weighted by molar-refractivity contribution is 0.161. The molecule has 0 aromatic rings. The molecule has 1 aliphatic heterocycles. The summed E-state index contributed by atoms with van der Waals surface area (Å²) in [6.45, 7) is 3.09. The normalized spacial score (nSPS) is 14.3. The van der Waals surface area contributed by atoms with Crippen LogP contribution in [0.3, 0.4) is 0 Å². The molecule has 0 unspecified atom stereocenters. The number of amides is 1. The van der Waals surface area contributed by atoms with E-state index in [2.05, 4.69) is 22.4 Å². The molecule has 5 heteroatoms. The molecule has 0 aromatic heterocycles. The van der Waals surface area contributed by atoms with Crippen LogP contribution in [0.5, 0.6) is 0 Å². The van der Waals surface area contributed by atoms with Crippen LogP contribution in [0.2, 0.25) is 0 Å². The molecule has 0 aliphatic carbocycles. The lowest BCUT2D eigenvalue weighted by Crippen LogP contribution is -2.27. The molecular formula is C12H21N3O2. The minimum absolute atomic E-state index is 0.248. The molecular weight excluding hydrogens is 218 g/mol. The number of carbonyl (C=O) groups excluding carboxylic acids is 1. The summed E-state index contributed by atoms with van der Waals surface area (Å²) in [4.78, 5) is 11.3. The maximum Gasteiger partial charge on any atom is 0.407 e. The zero-order valence-corrected chi connectivity index (χ0v) is 10.4. The van der Waals surface area contributed by atoms with Crippen molar-refractivity contribution in [2.45, 2.75) is 45.4 Å². The van der Waals surface area contributed by atoms with E-state index in [9.17, 15) is 4.79 Å². The molecule has 0 radical (unpaired) electrons. The van der Waals surface area contributed by atoms with E-state index < -0.39 is 0 Å². The van der Waals surface area contributed by atoms with E-state index in [4.69, 9.17) is 4.74 Å². The summed E-state index contributed by atoms with van der Waals surface area (Å²) in [6.07, 6.45) is 7.67. The first-order chi connectivity index (χ1) is 8.33. The summed E-state index contributed by atoms with van der Waals surface area (Å²) in [5.74, 6) is 0. The monoisotopic (exact) mass is 239 g/mol. The second-order valence-electron chi connectivity index (χ2n) is 4.07. The van der Waals surface area contributed by atoms with Gasteiger partial charge >= 0.3 is 6.09 Å². The van der Waals surface area contributed by atoms with Crippen LogP contribution in [0.25, 0.3) is 0 Å². The number of ether oxygens (including phenoxy) is 1. The van der Waals surface area contributed by atoms with E-state index in [0.29, 0.717) is 6.54 Å². The Bertz CT molecular complexity index is 287. The molecule has 0 aromatic carbocycles. The third-order valence-corrected chi connectivity index (χ3v) is 2.51. The number of carbonyl (C=O) groups is 1. The van der Waals surface area contributed by atoms with Gasteiger partial charge in [-0.15, -0.1) is 0 Å². The van der Waals surface area contributed by atoms with Gasteiger partial charge in [0.15, 0.2) is 0 Å². The second-order valence-corrected chi connectivity index (χ2v) is 4.07. The van der Waals surface area contributed by atoms with Gasteiger partial charge < -0.3 is 10.1 Å². The van der Waals surface area contributed by atoms with Gasteiger partial charge in [0, 0.05) is 12.8 Å². The summed E-state index contributed by atoms with van der Waals surface area (Å²) < 4.78 is 5.03. The number of alkyl carbamates (subject to hydrolysis) is 1. The Hall–Kier alpha value is -1.39. The van der Waals surface area contributed by atoms with Crippen LogP contribution in [0.4, 0.5) is 4.79 Å². The minimum atomic E-state index is -0.362. The van der Waals surface area contributed by atoms with Crippen molar-refractivity contribution in [1.29, 1.82) is 0 Å². The largest absolute Gasteiger partial charge is 0.443 e. The first-order valence-electron chi connectivity index (χ1n) is 6.30. The number of nitrogens with zero attached hydrogens (tertiary/aromatic N) is 2.